The number of hydrogen-bond acceptors (Lipinski definition) is 8. The Labute approximate surface area is 181 Å². The first kappa shape index (κ1) is 21.4. The number of nitrogens with zero attached hydrogens (tertiary/aromatic N) is 3. The summed E-state index contributed by atoms with van der Waals surface area (Å²) < 4.78 is 51.9. The molecule has 1 aliphatic rings. The smallest absolute Gasteiger partial charge is 0.316 e. The average Bonchev–Trinajstić information content (AvgIpc) is 3.37. The molecule has 0 spiro atoms. The molecule has 1 N–H and O–H groups in total. The van der Waals surface area contributed by atoms with Crippen LogP contribution in [0.4, 0.5) is 10.1 Å². The number of ether oxygens (including phenoxy) is 1. The zero-order valence-corrected chi connectivity index (χ0v) is 18.3. The molecular formula is C19H19FN4O5S2. The van der Waals surface area contributed by atoms with Gasteiger partial charge < -0.3 is 14.2 Å². The van der Waals surface area contributed by atoms with E-state index in [0.29, 0.717) is 41.6 Å². The third-order valence-corrected chi connectivity index (χ3v) is 7.39. The highest BCUT2D eigenvalue weighted by Crippen LogP contribution is 2.33. The molecule has 164 valence electrons. The van der Waals surface area contributed by atoms with Gasteiger partial charge in [-0.3, -0.25) is 9.52 Å². The van der Waals surface area contributed by atoms with E-state index in [9.17, 15) is 17.6 Å². The van der Waals surface area contributed by atoms with Gasteiger partial charge in [-0.2, -0.15) is 4.98 Å². The molecular weight excluding hydrogens is 447 g/mol. The van der Waals surface area contributed by atoms with Crippen molar-refractivity contribution in [2.75, 3.05) is 31.0 Å². The fraction of sp³-hybridized carbons (Fsp3) is 0.316. The van der Waals surface area contributed by atoms with Gasteiger partial charge in [0, 0.05) is 18.0 Å². The van der Waals surface area contributed by atoms with Crippen LogP contribution >= 0.6 is 11.3 Å². The summed E-state index contributed by atoms with van der Waals surface area (Å²) in [5.41, 5.74) is 0.743. The summed E-state index contributed by atoms with van der Waals surface area (Å²) in [6.07, 6.45) is 0. The number of carbonyl (C=O) groups excluding carboxylic acids is 1. The van der Waals surface area contributed by atoms with Crippen LogP contribution in [-0.2, 0) is 14.8 Å². The van der Waals surface area contributed by atoms with Crippen molar-refractivity contribution >= 4 is 33.0 Å². The molecule has 1 fully saturated rings. The first-order chi connectivity index (χ1) is 14.7. The number of nitrogens with one attached hydrogen (secondary N) is 1. The van der Waals surface area contributed by atoms with E-state index in [1.807, 2.05) is 0 Å². The number of anilines is 1. The second-order valence-electron chi connectivity index (χ2n) is 6.92. The number of aryl methyl sites for hydroxylation is 2. The number of morpholine rings is 1. The van der Waals surface area contributed by atoms with Crippen molar-refractivity contribution in [3.63, 3.8) is 0 Å². The highest BCUT2D eigenvalue weighted by atomic mass is 32.2. The number of rotatable bonds is 5. The van der Waals surface area contributed by atoms with Crippen LogP contribution in [0.5, 0.6) is 0 Å². The maximum absolute atomic E-state index is 13.3. The fourth-order valence-corrected chi connectivity index (χ4v) is 5.74. The summed E-state index contributed by atoms with van der Waals surface area (Å²) in [5.74, 6) is -0.873. The quantitative estimate of drug-likeness (QED) is 0.615. The van der Waals surface area contributed by atoms with Gasteiger partial charge in [-0.25, -0.2) is 12.8 Å². The molecule has 12 heteroatoms. The Morgan fingerprint density at radius 1 is 1.23 bits per heavy atom. The van der Waals surface area contributed by atoms with Crippen molar-refractivity contribution in [2.45, 2.75) is 18.7 Å². The van der Waals surface area contributed by atoms with Gasteiger partial charge in [0.05, 0.1) is 23.8 Å². The van der Waals surface area contributed by atoms with Crippen molar-refractivity contribution in [3.8, 4) is 10.7 Å². The standard InChI is InChI=1S/C19H19FN4O5S2/c1-11-9-13(20)3-4-14(11)23-31(26,27)16-10-15(30-12(16)2)17-21-18(29-22-17)19(25)24-5-7-28-8-6-24/h3-4,9-10,23H,5-8H2,1-2H3. The SMILES string of the molecule is Cc1cc(F)ccc1NS(=O)(=O)c1cc(-c2noc(C(=O)N3CCOCC3)n2)sc1C. The molecule has 1 amide bonds. The molecule has 0 saturated carbocycles. The number of thiophene rings is 1. The molecule has 0 unspecified atom stereocenters. The molecule has 0 atom stereocenters. The second kappa shape index (κ2) is 8.36. The Balaban J connectivity index is 1.57. The molecule has 2 aromatic heterocycles. The Hall–Kier alpha value is -2.83. The maximum Gasteiger partial charge on any atom is 0.316 e. The molecule has 0 aliphatic carbocycles. The average molecular weight is 467 g/mol. The number of aromatic nitrogens is 2. The fourth-order valence-electron chi connectivity index (χ4n) is 3.10. The Morgan fingerprint density at radius 3 is 2.68 bits per heavy atom. The minimum atomic E-state index is -3.93. The lowest BCUT2D eigenvalue weighted by Crippen LogP contribution is -2.40. The van der Waals surface area contributed by atoms with E-state index < -0.39 is 21.7 Å². The molecule has 1 saturated heterocycles. The molecule has 0 radical (unpaired) electrons. The minimum Gasteiger partial charge on any atom is -0.378 e. The summed E-state index contributed by atoms with van der Waals surface area (Å²) in [4.78, 5) is 19.2. The predicted octanol–water partition coefficient (Wildman–Crippen LogP) is 2.83. The zero-order valence-electron chi connectivity index (χ0n) is 16.7. The molecule has 1 aliphatic heterocycles. The number of sulfonamides is 1. The topological polar surface area (TPSA) is 115 Å². The first-order valence-electron chi connectivity index (χ1n) is 9.35. The molecule has 4 rings (SSSR count). The molecule has 31 heavy (non-hydrogen) atoms. The van der Waals surface area contributed by atoms with E-state index in [-0.39, 0.29) is 22.3 Å². The van der Waals surface area contributed by atoms with Gasteiger partial charge >= 0.3 is 11.8 Å². The van der Waals surface area contributed by atoms with Crippen LogP contribution in [-0.4, -0.2) is 55.7 Å². The van der Waals surface area contributed by atoms with Crippen molar-refractivity contribution in [3.05, 3.63) is 46.4 Å². The maximum atomic E-state index is 13.3. The number of benzene rings is 1. The second-order valence-corrected chi connectivity index (χ2v) is 9.83. The van der Waals surface area contributed by atoms with Gasteiger partial charge in [0.1, 0.15) is 10.7 Å². The number of halogens is 1. The molecule has 9 nitrogen and oxygen atoms in total. The number of amides is 1. The molecule has 3 aromatic rings. The van der Waals surface area contributed by atoms with E-state index in [4.69, 9.17) is 9.26 Å². The lowest BCUT2D eigenvalue weighted by Gasteiger charge is -2.25. The van der Waals surface area contributed by atoms with Crippen LogP contribution in [0.15, 0.2) is 33.7 Å². The predicted molar refractivity (Wildman–Crippen MR) is 111 cm³/mol. The van der Waals surface area contributed by atoms with Crippen molar-refractivity contribution < 1.29 is 26.9 Å². The Bertz CT molecular complexity index is 1230. The van der Waals surface area contributed by atoms with Gasteiger partial charge in [-0.15, -0.1) is 11.3 Å². The summed E-state index contributed by atoms with van der Waals surface area (Å²) in [6, 6.07) is 5.22. The van der Waals surface area contributed by atoms with Gasteiger partial charge in [-0.05, 0) is 43.7 Å². The van der Waals surface area contributed by atoms with Crippen LogP contribution in [0.25, 0.3) is 10.7 Å². The van der Waals surface area contributed by atoms with Crippen LogP contribution in [0.2, 0.25) is 0 Å². The first-order valence-corrected chi connectivity index (χ1v) is 11.6. The normalized spacial score (nSPS) is 14.6. The largest absolute Gasteiger partial charge is 0.378 e. The number of hydrogen-bond donors (Lipinski definition) is 1. The summed E-state index contributed by atoms with van der Waals surface area (Å²) >= 11 is 1.16. The van der Waals surface area contributed by atoms with E-state index in [0.717, 1.165) is 11.3 Å². The molecule has 0 bridgehead atoms. The van der Waals surface area contributed by atoms with Gasteiger partial charge in [0.2, 0.25) is 5.82 Å². The molecule has 3 heterocycles. The van der Waals surface area contributed by atoms with Gasteiger partial charge in [0.25, 0.3) is 10.0 Å². The van der Waals surface area contributed by atoms with E-state index in [1.165, 1.54) is 24.3 Å². The lowest BCUT2D eigenvalue weighted by atomic mass is 10.2. The summed E-state index contributed by atoms with van der Waals surface area (Å²) in [7, 11) is -3.93. The summed E-state index contributed by atoms with van der Waals surface area (Å²) in [6.45, 7) is 5.02. The Morgan fingerprint density at radius 2 is 1.97 bits per heavy atom. The Kier molecular flexibility index (Phi) is 5.77. The van der Waals surface area contributed by atoms with Crippen molar-refractivity contribution in [1.82, 2.24) is 15.0 Å². The van der Waals surface area contributed by atoms with Crippen LogP contribution in [0.3, 0.4) is 0 Å². The third kappa shape index (κ3) is 4.45. The lowest BCUT2D eigenvalue weighted by molar-refractivity contribution is 0.0272. The zero-order chi connectivity index (χ0) is 22.2. The highest BCUT2D eigenvalue weighted by molar-refractivity contribution is 7.93. The van der Waals surface area contributed by atoms with Gasteiger partial charge in [0.15, 0.2) is 0 Å². The highest BCUT2D eigenvalue weighted by Gasteiger charge is 2.27. The monoisotopic (exact) mass is 466 g/mol. The minimum absolute atomic E-state index is 0.0436. The van der Waals surface area contributed by atoms with Gasteiger partial charge in [-0.1, -0.05) is 5.16 Å². The molecule has 1 aromatic carbocycles. The van der Waals surface area contributed by atoms with E-state index in [1.54, 1.807) is 18.7 Å². The van der Waals surface area contributed by atoms with Crippen molar-refractivity contribution in [1.29, 1.82) is 0 Å². The third-order valence-electron chi connectivity index (χ3n) is 4.72. The van der Waals surface area contributed by atoms with Crippen molar-refractivity contribution in [2.24, 2.45) is 0 Å². The number of carbonyl (C=O) groups is 1. The van der Waals surface area contributed by atoms with Crippen LogP contribution in [0.1, 0.15) is 21.1 Å². The van der Waals surface area contributed by atoms with Crippen LogP contribution in [0, 0.1) is 19.7 Å². The summed E-state index contributed by atoms with van der Waals surface area (Å²) in [5, 5.41) is 3.84. The van der Waals surface area contributed by atoms with E-state index in [2.05, 4.69) is 14.9 Å². The van der Waals surface area contributed by atoms with Crippen LogP contribution < -0.4 is 4.72 Å². The van der Waals surface area contributed by atoms with E-state index >= 15 is 0 Å².